The Morgan fingerprint density at radius 1 is 0.917 bits per heavy atom. The molecule has 0 aliphatic rings. The molecule has 0 aromatic heterocycles. The van der Waals surface area contributed by atoms with Crippen LogP contribution in [0.2, 0.25) is 10.1 Å². The van der Waals surface area contributed by atoms with Crippen LogP contribution in [0, 0.1) is 0 Å². The van der Waals surface area contributed by atoms with Crippen molar-refractivity contribution in [1.29, 1.82) is 0 Å². The largest absolute Gasteiger partial charge is 0.205 e. The van der Waals surface area contributed by atoms with Crippen molar-refractivity contribution < 1.29 is 0 Å². The summed E-state index contributed by atoms with van der Waals surface area (Å²) in [5.74, 6) is 0. The van der Waals surface area contributed by atoms with E-state index in [-0.39, 0.29) is 0 Å². The summed E-state index contributed by atoms with van der Waals surface area (Å²) in [6.45, 7) is 6.97. The molecular weight excluding hydrogens is 159 g/mol. The third-order valence-corrected chi connectivity index (χ3v) is 4.96. The van der Waals surface area contributed by atoms with Crippen molar-refractivity contribution in [2.45, 2.75) is 69.4 Å². The first-order valence-corrected chi connectivity index (χ1v) is 7.16. The van der Waals surface area contributed by atoms with E-state index in [1.54, 1.807) is 5.28 Å². The Labute approximate surface area is 84.8 Å². The second-order valence-electron chi connectivity index (χ2n) is 3.66. The van der Waals surface area contributed by atoms with Gasteiger partial charge in [-0.05, 0) is 0 Å². The second kappa shape index (κ2) is 9.62. The number of hydrogen-bond acceptors (Lipinski definition) is 0. The Morgan fingerprint density at radius 2 is 1.58 bits per heavy atom. The lowest BCUT2D eigenvalue weighted by Crippen LogP contribution is -2.00. The highest BCUT2D eigenvalue weighted by atomic mass is 27.1. The first-order chi connectivity index (χ1) is 5.85. The van der Waals surface area contributed by atoms with Gasteiger partial charge in [0.15, 0.2) is 0 Å². The van der Waals surface area contributed by atoms with Crippen molar-refractivity contribution in [2.24, 2.45) is 0 Å². The molecule has 1 radical (unpaired) electrons. The molecule has 0 aromatic rings. The van der Waals surface area contributed by atoms with Crippen molar-refractivity contribution in [3.63, 3.8) is 0 Å². The molecule has 0 rings (SSSR count). The molecule has 0 spiro atoms. The van der Waals surface area contributed by atoms with Crippen LogP contribution in [0.1, 0.15) is 59.3 Å². The zero-order chi connectivity index (χ0) is 9.23. The van der Waals surface area contributed by atoms with Gasteiger partial charge in [0.2, 0.25) is 15.2 Å². The highest BCUT2D eigenvalue weighted by Gasteiger charge is 2.04. The molecule has 1 heteroatoms. The lowest BCUT2D eigenvalue weighted by atomic mass is 10.2. The van der Waals surface area contributed by atoms with Crippen LogP contribution < -0.4 is 0 Å². The van der Waals surface area contributed by atoms with Gasteiger partial charge < -0.3 is 0 Å². The van der Waals surface area contributed by atoms with Gasteiger partial charge in [0.25, 0.3) is 0 Å². The number of rotatable bonds is 8. The zero-order valence-electron chi connectivity index (χ0n) is 9.10. The zero-order valence-corrected chi connectivity index (χ0v) is 10.3. The van der Waals surface area contributed by atoms with Gasteiger partial charge in [0.1, 0.15) is 0 Å². The predicted molar refractivity (Wildman–Crippen MR) is 59.0 cm³/mol. The Kier molecular flexibility index (Phi) is 10.0. The minimum Gasteiger partial charge on any atom is -0.103 e. The van der Waals surface area contributed by atoms with Gasteiger partial charge in [0, 0.05) is 0 Å². The van der Waals surface area contributed by atoms with Crippen molar-refractivity contribution >= 4 is 15.2 Å². The van der Waals surface area contributed by atoms with E-state index < -0.39 is 0 Å². The standard InChI is InChI=1S/C6H13.C5H11.Al/c1-3-5-6-4-2;1-3-5-4-2;/h1,3-6H2,2H3;5H,3-4H2,1-2H3;. The van der Waals surface area contributed by atoms with Crippen molar-refractivity contribution in [1.82, 2.24) is 0 Å². The summed E-state index contributed by atoms with van der Waals surface area (Å²) >= 11 is 0.766. The molecule has 0 unspecified atom stereocenters. The number of hydrogen-bond donors (Lipinski definition) is 0. The molecule has 0 heterocycles. The van der Waals surface area contributed by atoms with Crippen LogP contribution in [0.5, 0.6) is 0 Å². The summed E-state index contributed by atoms with van der Waals surface area (Å²) < 4.78 is 1.09. The Morgan fingerprint density at radius 3 is 2.08 bits per heavy atom. The lowest BCUT2D eigenvalue weighted by Gasteiger charge is -2.09. The molecule has 0 aliphatic carbocycles. The Balaban J connectivity index is 3.06. The van der Waals surface area contributed by atoms with Crippen LogP contribution in [0.15, 0.2) is 0 Å². The maximum atomic E-state index is 2.34. The summed E-state index contributed by atoms with van der Waals surface area (Å²) in [5, 5.41) is 1.55. The minimum absolute atomic E-state index is 0.766. The molecule has 71 valence electrons. The van der Waals surface area contributed by atoms with E-state index in [1.807, 2.05) is 0 Å². The van der Waals surface area contributed by atoms with Gasteiger partial charge in [-0.25, -0.2) is 0 Å². The summed E-state index contributed by atoms with van der Waals surface area (Å²) in [4.78, 5) is 0. The normalized spacial score (nSPS) is 10.7. The first kappa shape index (κ1) is 12.5. The molecule has 0 nitrogen and oxygen atoms in total. The maximum Gasteiger partial charge on any atom is 0.205 e. The molecule has 0 aromatic carbocycles. The van der Waals surface area contributed by atoms with E-state index in [9.17, 15) is 0 Å². The smallest absolute Gasteiger partial charge is 0.103 e. The molecule has 0 saturated heterocycles. The van der Waals surface area contributed by atoms with Crippen molar-refractivity contribution in [2.75, 3.05) is 0 Å². The SMILES string of the molecule is CCCCC[CH2][Al][CH](CC)CC. The Hall–Kier alpha value is 0.532. The quantitative estimate of drug-likeness (QED) is 0.389. The van der Waals surface area contributed by atoms with Crippen LogP contribution in [-0.4, -0.2) is 15.2 Å². The van der Waals surface area contributed by atoms with Gasteiger partial charge >= 0.3 is 0 Å². The summed E-state index contributed by atoms with van der Waals surface area (Å²) in [7, 11) is 0. The molecule has 0 bridgehead atoms. The Bertz CT molecular complexity index is 77.1. The van der Waals surface area contributed by atoms with Crippen LogP contribution in [0.25, 0.3) is 0 Å². The van der Waals surface area contributed by atoms with E-state index in [1.165, 1.54) is 38.5 Å². The molecular formula is C11H24Al. The summed E-state index contributed by atoms with van der Waals surface area (Å²) in [6.07, 6.45) is 8.63. The molecule has 12 heavy (non-hydrogen) atoms. The van der Waals surface area contributed by atoms with Crippen LogP contribution in [0.4, 0.5) is 0 Å². The van der Waals surface area contributed by atoms with Gasteiger partial charge in [-0.1, -0.05) is 64.1 Å². The topological polar surface area (TPSA) is 0 Å². The third kappa shape index (κ3) is 7.20. The minimum atomic E-state index is 0.766. The second-order valence-corrected chi connectivity index (χ2v) is 5.65. The fraction of sp³-hybridized carbons (Fsp3) is 1.00. The van der Waals surface area contributed by atoms with Gasteiger partial charge in [-0.2, -0.15) is 0 Å². The summed E-state index contributed by atoms with van der Waals surface area (Å²) in [5.41, 5.74) is 0. The first-order valence-electron chi connectivity index (χ1n) is 5.68. The van der Waals surface area contributed by atoms with E-state index in [4.69, 9.17) is 0 Å². The van der Waals surface area contributed by atoms with E-state index in [0.29, 0.717) is 0 Å². The average Bonchev–Trinajstić information content (AvgIpc) is 2.11. The van der Waals surface area contributed by atoms with Crippen LogP contribution in [0.3, 0.4) is 0 Å². The van der Waals surface area contributed by atoms with E-state index >= 15 is 0 Å². The highest BCUT2D eigenvalue weighted by Crippen LogP contribution is 2.16. The fourth-order valence-corrected chi connectivity index (χ4v) is 3.21. The molecule has 0 amide bonds. The van der Waals surface area contributed by atoms with Crippen molar-refractivity contribution in [3.8, 4) is 0 Å². The van der Waals surface area contributed by atoms with Gasteiger partial charge in [-0.3, -0.25) is 0 Å². The highest BCUT2D eigenvalue weighted by molar-refractivity contribution is 6.37. The average molecular weight is 183 g/mol. The molecule has 0 N–H and O–H groups in total. The van der Waals surface area contributed by atoms with Crippen molar-refractivity contribution in [3.05, 3.63) is 0 Å². The van der Waals surface area contributed by atoms with Crippen LogP contribution >= 0.6 is 0 Å². The summed E-state index contributed by atoms with van der Waals surface area (Å²) in [6, 6.07) is 0. The number of unbranched alkanes of at least 4 members (excludes halogenated alkanes) is 3. The van der Waals surface area contributed by atoms with E-state index in [0.717, 1.165) is 20.0 Å². The molecule has 0 atom stereocenters. The fourth-order valence-electron chi connectivity index (χ4n) is 1.55. The molecule has 0 saturated carbocycles. The van der Waals surface area contributed by atoms with Gasteiger partial charge in [0.05, 0.1) is 0 Å². The predicted octanol–water partition coefficient (Wildman–Crippen LogP) is 4.30. The lowest BCUT2D eigenvalue weighted by molar-refractivity contribution is 0.691. The molecule has 0 aliphatic heterocycles. The van der Waals surface area contributed by atoms with Gasteiger partial charge in [-0.15, -0.1) is 5.28 Å². The maximum absolute atomic E-state index is 2.34. The third-order valence-electron chi connectivity index (χ3n) is 2.61. The molecule has 0 fully saturated rings. The monoisotopic (exact) mass is 183 g/mol. The van der Waals surface area contributed by atoms with E-state index in [2.05, 4.69) is 20.8 Å². The van der Waals surface area contributed by atoms with Crippen LogP contribution in [-0.2, 0) is 0 Å².